The number of amides is 2. The Morgan fingerprint density at radius 3 is 2.53 bits per heavy atom. The number of hydrogen-bond donors (Lipinski definition) is 3. The number of hydrogen-bond acceptors (Lipinski definition) is 2. The fraction of sp³-hybridized carbons (Fsp3) is 0.667. The summed E-state index contributed by atoms with van der Waals surface area (Å²) in [5.41, 5.74) is 0. The zero-order chi connectivity index (χ0) is 12.8. The van der Waals surface area contributed by atoms with E-state index >= 15 is 0 Å². The summed E-state index contributed by atoms with van der Waals surface area (Å²) in [6.07, 6.45) is 6.80. The summed E-state index contributed by atoms with van der Waals surface area (Å²) in [5.74, 6) is -1.14. The van der Waals surface area contributed by atoms with Crippen molar-refractivity contribution in [1.82, 2.24) is 10.6 Å². The first-order chi connectivity index (χ1) is 8.00. The Balaban J connectivity index is 2.42. The van der Waals surface area contributed by atoms with Crippen molar-refractivity contribution in [2.75, 3.05) is 0 Å². The number of allylic oxidation sites excluding steroid dienone is 1. The normalized spacial score (nSPS) is 21.0. The molecule has 1 aliphatic rings. The Morgan fingerprint density at radius 1 is 1.35 bits per heavy atom. The number of carboxylic acids is 1. The van der Waals surface area contributed by atoms with Crippen LogP contribution in [0, 0.1) is 5.92 Å². The summed E-state index contributed by atoms with van der Waals surface area (Å²) in [5, 5.41) is 14.2. The molecule has 0 saturated carbocycles. The SMILES string of the molecule is CC(C)[C@@H](NC(=O)NC1CC=CCC1)C(=O)O. The lowest BCUT2D eigenvalue weighted by Gasteiger charge is -2.23. The number of aliphatic carboxylic acids is 1. The first-order valence-electron chi connectivity index (χ1n) is 5.95. The molecule has 0 spiro atoms. The minimum absolute atomic E-state index is 0.113. The van der Waals surface area contributed by atoms with Crippen LogP contribution in [0.15, 0.2) is 12.2 Å². The van der Waals surface area contributed by atoms with Crippen molar-refractivity contribution in [1.29, 1.82) is 0 Å². The monoisotopic (exact) mass is 240 g/mol. The minimum Gasteiger partial charge on any atom is -0.480 e. The maximum absolute atomic E-state index is 11.6. The molecule has 0 heterocycles. The first-order valence-corrected chi connectivity index (χ1v) is 5.95. The van der Waals surface area contributed by atoms with Gasteiger partial charge in [-0.15, -0.1) is 0 Å². The van der Waals surface area contributed by atoms with Crippen LogP contribution in [-0.2, 0) is 4.79 Å². The molecule has 5 heteroatoms. The van der Waals surface area contributed by atoms with E-state index in [0.717, 1.165) is 19.3 Å². The van der Waals surface area contributed by atoms with Crippen LogP contribution in [0.5, 0.6) is 0 Å². The molecule has 2 atom stereocenters. The van der Waals surface area contributed by atoms with Crippen LogP contribution >= 0.6 is 0 Å². The van der Waals surface area contributed by atoms with Crippen molar-refractivity contribution < 1.29 is 14.7 Å². The predicted octanol–water partition coefficient (Wildman–Crippen LogP) is 1.50. The molecule has 17 heavy (non-hydrogen) atoms. The summed E-state index contributed by atoms with van der Waals surface area (Å²) in [7, 11) is 0. The zero-order valence-electron chi connectivity index (χ0n) is 10.3. The van der Waals surface area contributed by atoms with E-state index in [0.29, 0.717) is 0 Å². The smallest absolute Gasteiger partial charge is 0.326 e. The van der Waals surface area contributed by atoms with E-state index in [1.165, 1.54) is 0 Å². The van der Waals surface area contributed by atoms with Crippen LogP contribution in [0.3, 0.4) is 0 Å². The molecule has 0 aromatic rings. The van der Waals surface area contributed by atoms with Gasteiger partial charge in [0.15, 0.2) is 0 Å². The van der Waals surface area contributed by atoms with Crippen LogP contribution in [0.25, 0.3) is 0 Å². The second kappa shape index (κ2) is 6.27. The van der Waals surface area contributed by atoms with Crippen molar-refractivity contribution in [3.05, 3.63) is 12.2 Å². The molecule has 0 bridgehead atoms. The molecule has 0 aromatic carbocycles. The molecule has 3 N–H and O–H groups in total. The number of urea groups is 1. The Morgan fingerprint density at radius 2 is 2.06 bits per heavy atom. The summed E-state index contributed by atoms with van der Waals surface area (Å²) >= 11 is 0. The molecule has 1 unspecified atom stereocenters. The molecule has 0 radical (unpaired) electrons. The highest BCUT2D eigenvalue weighted by Crippen LogP contribution is 2.10. The molecule has 0 fully saturated rings. The van der Waals surface area contributed by atoms with E-state index in [-0.39, 0.29) is 12.0 Å². The van der Waals surface area contributed by atoms with E-state index < -0.39 is 18.0 Å². The second-order valence-corrected chi connectivity index (χ2v) is 4.66. The van der Waals surface area contributed by atoms with Gasteiger partial charge in [0.05, 0.1) is 0 Å². The highest BCUT2D eigenvalue weighted by molar-refractivity contribution is 5.82. The lowest BCUT2D eigenvalue weighted by molar-refractivity contribution is -0.140. The molecular formula is C12H20N2O3. The van der Waals surface area contributed by atoms with Gasteiger partial charge in [0.2, 0.25) is 0 Å². The third-order valence-corrected chi connectivity index (χ3v) is 2.82. The Bertz CT molecular complexity index is 313. The van der Waals surface area contributed by atoms with Crippen LogP contribution < -0.4 is 10.6 Å². The maximum atomic E-state index is 11.6. The van der Waals surface area contributed by atoms with Gasteiger partial charge in [-0.05, 0) is 25.2 Å². The van der Waals surface area contributed by atoms with Crippen molar-refractivity contribution in [2.24, 2.45) is 5.92 Å². The molecule has 96 valence electrons. The number of carboxylic acid groups (broad SMARTS) is 1. The highest BCUT2D eigenvalue weighted by atomic mass is 16.4. The van der Waals surface area contributed by atoms with Gasteiger partial charge in [-0.25, -0.2) is 9.59 Å². The largest absolute Gasteiger partial charge is 0.480 e. The lowest BCUT2D eigenvalue weighted by atomic mass is 10.0. The van der Waals surface area contributed by atoms with Gasteiger partial charge in [-0.3, -0.25) is 0 Å². The fourth-order valence-corrected chi connectivity index (χ4v) is 1.81. The Labute approximate surface area is 101 Å². The number of carbonyl (C=O) groups is 2. The van der Waals surface area contributed by atoms with E-state index in [2.05, 4.69) is 16.7 Å². The van der Waals surface area contributed by atoms with Gasteiger partial charge >= 0.3 is 12.0 Å². The summed E-state index contributed by atoms with van der Waals surface area (Å²) in [6, 6.07) is -1.12. The van der Waals surface area contributed by atoms with Crippen LogP contribution in [0.2, 0.25) is 0 Å². The molecule has 5 nitrogen and oxygen atoms in total. The van der Waals surface area contributed by atoms with Crippen molar-refractivity contribution in [3.63, 3.8) is 0 Å². The van der Waals surface area contributed by atoms with E-state index in [4.69, 9.17) is 5.11 Å². The maximum Gasteiger partial charge on any atom is 0.326 e. The standard InChI is InChI=1S/C12H20N2O3/c1-8(2)10(11(15)16)14-12(17)13-9-6-4-3-5-7-9/h3-4,8-10H,5-7H2,1-2H3,(H,15,16)(H2,13,14,17)/t9?,10-/m1/s1. The Kier molecular flexibility index (Phi) is 5.00. The molecule has 1 rings (SSSR count). The first kappa shape index (κ1) is 13.5. The number of rotatable bonds is 4. The van der Waals surface area contributed by atoms with Crippen molar-refractivity contribution in [3.8, 4) is 0 Å². The molecular weight excluding hydrogens is 220 g/mol. The lowest BCUT2D eigenvalue weighted by Crippen LogP contribution is -2.51. The van der Waals surface area contributed by atoms with E-state index in [9.17, 15) is 9.59 Å². The quantitative estimate of drug-likeness (QED) is 0.652. The van der Waals surface area contributed by atoms with Gasteiger partial charge in [0.1, 0.15) is 6.04 Å². The van der Waals surface area contributed by atoms with Gasteiger partial charge in [0, 0.05) is 6.04 Å². The number of carbonyl (C=O) groups excluding carboxylic acids is 1. The minimum atomic E-state index is -1.00. The Hall–Kier alpha value is -1.52. The van der Waals surface area contributed by atoms with Crippen LogP contribution in [-0.4, -0.2) is 29.2 Å². The van der Waals surface area contributed by atoms with E-state index in [1.807, 2.05) is 6.08 Å². The summed E-state index contributed by atoms with van der Waals surface area (Å²) in [6.45, 7) is 3.53. The molecule has 0 aromatic heterocycles. The van der Waals surface area contributed by atoms with Crippen LogP contribution in [0.4, 0.5) is 4.79 Å². The zero-order valence-corrected chi connectivity index (χ0v) is 10.3. The van der Waals surface area contributed by atoms with Gasteiger partial charge in [-0.1, -0.05) is 26.0 Å². The number of nitrogens with one attached hydrogen (secondary N) is 2. The van der Waals surface area contributed by atoms with Crippen molar-refractivity contribution in [2.45, 2.75) is 45.2 Å². The molecule has 0 saturated heterocycles. The van der Waals surface area contributed by atoms with Crippen molar-refractivity contribution >= 4 is 12.0 Å². The second-order valence-electron chi connectivity index (χ2n) is 4.66. The molecule has 0 aliphatic heterocycles. The van der Waals surface area contributed by atoms with Gasteiger partial charge in [-0.2, -0.15) is 0 Å². The van der Waals surface area contributed by atoms with Crippen LogP contribution in [0.1, 0.15) is 33.1 Å². The highest BCUT2D eigenvalue weighted by Gasteiger charge is 2.24. The average Bonchev–Trinajstić information content (AvgIpc) is 2.26. The third kappa shape index (κ3) is 4.46. The summed E-state index contributed by atoms with van der Waals surface area (Å²) in [4.78, 5) is 22.5. The van der Waals surface area contributed by atoms with E-state index in [1.54, 1.807) is 13.8 Å². The topological polar surface area (TPSA) is 78.4 Å². The third-order valence-electron chi connectivity index (χ3n) is 2.82. The van der Waals surface area contributed by atoms with Gasteiger partial charge in [0.25, 0.3) is 0 Å². The fourth-order valence-electron chi connectivity index (χ4n) is 1.81. The average molecular weight is 240 g/mol. The predicted molar refractivity (Wildman–Crippen MR) is 64.7 cm³/mol. The van der Waals surface area contributed by atoms with Gasteiger partial charge < -0.3 is 15.7 Å². The molecule has 2 amide bonds. The molecule has 1 aliphatic carbocycles. The summed E-state index contributed by atoms with van der Waals surface area (Å²) < 4.78 is 0.